The molecule has 36 heavy (non-hydrogen) atoms. The van der Waals surface area contributed by atoms with Gasteiger partial charge in [0.1, 0.15) is 17.3 Å². The van der Waals surface area contributed by atoms with Gasteiger partial charge in [0.2, 0.25) is 10.0 Å². The molecule has 0 saturated heterocycles. The molecule has 0 unspecified atom stereocenters. The van der Waals surface area contributed by atoms with Gasteiger partial charge >= 0.3 is 5.97 Å². The molecule has 0 radical (unpaired) electrons. The molecule has 11 heteroatoms. The number of methoxy groups -OCH3 is 1. The first-order valence-corrected chi connectivity index (χ1v) is 12.8. The summed E-state index contributed by atoms with van der Waals surface area (Å²) in [7, 11) is -2.43. The van der Waals surface area contributed by atoms with E-state index < -0.39 is 27.6 Å². The fourth-order valence-corrected chi connectivity index (χ4v) is 5.12. The third-order valence-corrected chi connectivity index (χ3v) is 6.87. The lowest BCUT2D eigenvalue weighted by molar-refractivity contribution is -0.138. The van der Waals surface area contributed by atoms with Crippen molar-refractivity contribution in [3.8, 4) is 16.9 Å². The Morgan fingerprint density at radius 3 is 2.44 bits per heavy atom. The highest BCUT2D eigenvalue weighted by atomic mass is 32.2. The van der Waals surface area contributed by atoms with Gasteiger partial charge in [-0.05, 0) is 53.9 Å². The van der Waals surface area contributed by atoms with Crippen molar-refractivity contribution in [2.75, 3.05) is 17.7 Å². The maximum Gasteiger partial charge on any atom is 0.327 e. The second-order valence-electron chi connectivity index (χ2n) is 8.12. The minimum Gasteiger partial charge on any atom is -0.497 e. The molecule has 0 amide bonds. The number of nitrogens with zero attached hydrogens (tertiary/aromatic N) is 4. The lowest BCUT2D eigenvalue weighted by atomic mass is 10.0. The molecule has 186 valence electrons. The Labute approximate surface area is 207 Å². The van der Waals surface area contributed by atoms with E-state index in [9.17, 15) is 23.1 Å². The van der Waals surface area contributed by atoms with Crippen LogP contribution in [0.1, 0.15) is 6.42 Å². The first-order valence-electron chi connectivity index (χ1n) is 11.0. The number of carbonyl (C=O) groups is 1. The molecule has 3 aromatic carbocycles. The highest BCUT2D eigenvalue weighted by Crippen LogP contribution is 2.28. The number of hydrogen-bond donors (Lipinski definition) is 1. The second kappa shape index (κ2) is 10.2. The number of benzene rings is 3. The van der Waals surface area contributed by atoms with E-state index in [1.165, 1.54) is 0 Å². The monoisotopic (exact) mass is 508 g/mol. The van der Waals surface area contributed by atoms with Gasteiger partial charge in [-0.25, -0.2) is 17.9 Å². The van der Waals surface area contributed by atoms with E-state index in [0.29, 0.717) is 16.7 Å². The number of fused-ring (bicyclic) bond motifs is 1. The van der Waals surface area contributed by atoms with Gasteiger partial charge < -0.3 is 9.84 Å². The molecule has 0 spiro atoms. The zero-order valence-electron chi connectivity index (χ0n) is 19.6. The number of carboxylic acids is 1. The van der Waals surface area contributed by atoms with Crippen molar-refractivity contribution in [2.45, 2.75) is 19.0 Å². The Bertz CT molecular complexity index is 1570. The summed E-state index contributed by atoms with van der Waals surface area (Å²) in [5, 5.41) is 18.1. The predicted octanol–water partition coefficient (Wildman–Crippen LogP) is 2.78. The highest BCUT2D eigenvalue weighted by Gasteiger charge is 2.33. The SMILES string of the molecule is COc1cccc(-c2ccc(N([C@H](CCn3nnc4ccccc4c3=O)C(=O)O)S(C)(=O)=O)cc2)c1. The Hall–Kier alpha value is -4.25. The van der Waals surface area contributed by atoms with Crippen LogP contribution >= 0.6 is 0 Å². The van der Waals surface area contributed by atoms with Crippen LogP contribution in [0.3, 0.4) is 0 Å². The zero-order chi connectivity index (χ0) is 25.9. The van der Waals surface area contributed by atoms with Crippen molar-refractivity contribution in [3.63, 3.8) is 0 Å². The molecule has 0 saturated carbocycles. The maximum atomic E-state index is 12.7. The molecule has 1 atom stereocenters. The van der Waals surface area contributed by atoms with Crippen LogP contribution in [0.25, 0.3) is 22.0 Å². The lowest BCUT2D eigenvalue weighted by Crippen LogP contribution is -2.46. The van der Waals surface area contributed by atoms with Crippen molar-refractivity contribution in [1.82, 2.24) is 15.0 Å². The van der Waals surface area contributed by atoms with Gasteiger partial charge in [-0.2, -0.15) is 0 Å². The van der Waals surface area contributed by atoms with E-state index in [-0.39, 0.29) is 18.7 Å². The van der Waals surface area contributed by atoms with Crippen molar-refractivity contribution < 1.29 is 23.1 Å². The number of sulfonamides is 1. The Balaban J connectivity index is 1.64. The number of hydrogen-bond acceptors (Lipinski definition) is 7. The number of aryl methyl sites for hydroxylation is 1. The zero-order valence-corrected chi connectivity index (χ0v) is 20.4. The average molecular weight is 509 g/mol. The quantitative estimate of drug-likeness (QED) is 0.365. The van der Waals surface area contributed by atoms with Crippen molar-refractivity contribution >= 4 is 32.6 Å². The van der Waals surface area contributed by atoms with Gasteiger partial charge in [0.05, 0.1) is 24.4 Å². The van der Waals surface area contributed by atoms with Gasteiger partial charge in [-0.1, -0.05) is 41.6 Å². The molecule has 1 aromatic heterocycles. The van der Waals surface area contributed by atoms with E-state index in [0.717, 1.165) is 26.4 Å². The van der Waals surface area contributed by atoms with Crippen molar-refractivity contribution in [1.29, 1.82) is 0 Å². The molecular weight excluding hydrogens is 484 g/mol. The largest absolute Gasteiger partial charge is 0.497 e. The van der Waals surface area contributed by atoms with Gasteiger partial charge in [0, 0.05) is 6.54 Å². The maximum absolute atomic E-state index is 12.7. The number of ether oxygens (including phenoxy) is 1. The lowest BCUT2D eigenvalue weighted by Gasteiger charge is -2.29. The van der Waals surface area contributed by atoms with Crippen LogP contribution in [0.4, 0.5) is 5.69 Å². The summed E-state index contributed by atoms with van der Waals surface area (Å²) in [5.41, 5.74) is 1.83. The Morgan fingerprint density at radius 1 is 1.06 bits per heavy atom. The van der Waals surface area contributed by atoms with Crippen LogP contribution in [0.2, 0.25) is 0 Å². The number of anilines is 1. The van der Waals surface area contributed by atoms with Crippen molar-refractivity contribution in [3.05, 3.63) is 83.2 Å². The predicted molar refractivity (Wildman–Crippen MR) is 136 cm³/mol. The van der Waals surface area contributed by atoms with Crippen LogP contribution in [0.5, 0.6) is 5.75 Å². The van der Waals surface area contributed by atoms with Crippen LogP contribution in [-0.4, -0.2) is 53.9 Å². The minimum atomic E-state index is -3.99. The molecular formula is C25H24N4O6S. The third kappa shape index (κ3) is 5.20. The van der Waals surface area contributed by atoms with Gasteiger partial charge in [-0.3, -0.25) is 9.10 Å². The van der Waals surface area contributed by atoms with E-state index in [2.05, 4.69) is 10.3 Å². The van der Waals surface area contributed by atoms with E-state index in [1.54, 1.807) is 55.6 Å². The molecule has 0 fully saturated rings. The first-order chi connectivity index (χ1) is 17.2. The third-order valence-electron chi connectivity index (χ3n) is 5.69. The second-order valence-corrected chi connectivity index (χ2v) is 9.97. The number of aromatic nitrogens is 3. The molecule has 0 bridgehead atoms. The summed E-state index contributed by atoms with van der Waals surface area (Å²) >= 11 is 0. The normalized spacial score (nSPS) is 12.3. The molecule has 0 aliphatic carbocycles. The fourth-order valence-electron chi connectivity index (χ4n) is 3.96. The van der Waals surface area contributed by atoms with Gasteiger partial charge in [0.15, 0.2) is 0 Å². The van der Waals surface area contributed by atoms with E-state index in [4.69, 9.17) is 4.74 Å². The molecule has 4 aromatic rings. The summed E-state index contributed by atoms with van der Waals surface area (Å²) in [6, 6.07) is 19.1. The topological polar surface area (TPSA) is 132 Å². The summed E-state index contributed by atoms with van der Waals surface area (Å²) in [4.78, 5) is 24.9. The standard InChI is InChI=1S/C25H24N4O6S/c1-35-20-7-5-6-18(16-20)17-10-12-19(13-11-17)29(36(2,33)34)23(25(31)32)14-15-28-24(30)21-8-3-4-9-22(21)26-27-28/h3-13,16,23H,14-15H2,1-2H3,(H,31,32)/t23-/m1/s1. The molecule has 4 rings (SSSR count). The Morgan fingerprint density at radius 2 is 1.78 bits per heavy atom. The van der Waals surface area contributed by atoms with Crippen LogP contribution in [0, 0.1) is 0 Å². The van der Waals surface area contributed by atoms with Crippen LogP contribution in [0.15, 0.2) is 77.6 Å². The van der Waals surface area contributed by atoms with E-state index >= 15 is 0 Å². The summed E-state index contributed by atoms with van der Waals surface area (Å²) in [5.74, 6) is -0.675. The fraction of sp³-hybridized carbons (Fsp3) is 0.200. The number of carboxylic acid groups (broad SMARTS) is 1. The smallest absolute Gasteiger partial charge is 0.327 e. The Kier molecular flexibility index (Phi) is 7.02. The summed E-state index contributed by atoms with van der Waals surface area (Å²) in [6.07, 6.45) is 0.744. The summed E-state index contributed by atoms with van der Waals surface area (Å²) in [6.45, 7) is -0.137. The van der Waals surface area contributed by atoms with E-state index in [1.807, 2.05) is 24.3 Å². The molecule has 1 heterocycles. The van der Waals surface area contributed by atoms with Crippen molar-refractivity contribution in [2.24, 2.45) is 0 Å². The van der Waals surface area contributed by atoms with Gasteiger partial charge in [-0.15, -0.1) is 5.10 Å². The van der Waals surface area contributed by atoms with Gasteiger partial charge in [0.25, 0.3) is 5.56 Å². The number of aliphatic carboxylic acids is 1. The molecule has 1 N–H and O–H groups in total. The average Bonchev–Trinajstić information content (AvgIpc) is 2.87. The highest BCUT2D eigenvalue weighted by molar-refractivity contribution is 7.92. The molecule has 0 aliphatic heterocycles. The van der Waals surface area contributed by atoms with Crippen LogP contribution in [-0.2, 0) is 21.4 Å². The molecule has 0 aliphatic rings. The minimum absolute atomic E-state index is 0.137. The molecule has 10 nitrogen and oxygen atoms in total. The summed E-state index contributed by atoms with van der Waals surface area (Å²) < 4.78 is 32.6. The van der Waals surface area contributed by atoms with Crippen LogP contribution < -0.4 is 14.6 Å². The first kappa shape index (κ1) is 24.9. The number of rotatable bonds is 9.